The third-order valence-corrected chi connectivity index (χ3v) is 2.26. The second kappa shape index (κ2) is 3.94. The number of carbonyl (C=O) groups is 1. The first-order valence-electron chi connectivity index (χ1n) is 4.32. The van der Waals surface area contributed by atoms with Crippen LogP contribution < -0.4 is 0 Å². The molecule has 82 valence electrons. The normalized spacial score (nSPS) is 10.4. The van der Waals surface area contributed by atoms with Gasteiger partial charge < -0.3 is 5.11 Å². The second-order valence-electron chi connectivity index (χ2n) is 3.04. The molecule has 0 aliphatic rings. The molecule has 4 nitrogen and oxygen atoms in total. The van der Waals surface area contributed by atoms with Crippen molar-refractivity contribution in [2.45, 2.75) is 0 Å². The molecule has 2 rings (SSSR count). The maximum Gasteiger partial charge on any atom is 0.356 e. The number of nitrogens with zero attached hydrogens (tertiary/aromatic N) is 2. The zero-order chi connectivity index (χ0) is 11.7. The van der Waals surface area contributed by atoms with Crippen molar-refractivity contribution in [2.75, 3.05) is 0 Å². The molecule has 1 aromatic heterocycles. The Labute approximate surface area is 94.9 Å². The van der Waals surface area contributed by atoms with Crippen molar-refractivity contribution in [2.24, 2.45) is 0 Å². The maximum atomic E-state index is 13.0. The molecular formula is C10H6ClFN2O2. The van der Waals surface area contributed by atoms with Crippen molar-refractivity contribution in [3.63, 3.8) is 0 Å². The van der Waals surface area contributed by atoms with Gasteiger partial charge >= 0.3 is 5.97 Å². The number of rotatable bonds is 2. The SMILES string of the molecule is O=C(O)c1c(Cl)cnn1-c1cccc(F)c1. The fourth-order valence-electron chi connectivity index (χ4n) is 1.32. The van der Waals surface area contributed by atoms with Gasteiger partial charge in [0.15, 0.2) is 5.69 Å². The Morgan fingerprint density at radius 2 is 2.25 bits per heavy atom. The molecule has 2 aromatic rings. The van der Waals surface area contributed by atoms with Gasteiger partial charge in [0.05, 0.1) is 16.9 Å². The van der Waals surface area contributed by atoms with Gasteiger partial charge in [0.2, 0.25) is 0 Å². The zero-order valence-corrected chi connectivity index (χ0v) is 8.65. The van der Waals surface area contributed by atoms with Crippen LogP contribution in [0.4, 0.5) is 4.39 Å². The fourth-order valence-corrected chi connectivity index (χ4v) is 1.53. The number of carboxylic acids is 1. The molecule has 0 amide bonds. The Hall–Kier alpha value is -1.88. The highest BCUT2D eigenvalue weighted by molar-refractivity contribution is 6.33. The van der Waals surface area contributed by atoms with Gasteiger partial charge in [0.1, 0.15) is 5.82 Å². The molecule has 16 heavy (non-hydrogen) atoms. The van der Waals surface area contributed by atoms with E-state index in [1.807, 2.05) is 0 Å². The Morgan fingerprint density at radius 3 is 2.88 bits per heavy atom. The molecule has 0 aliphatic carbocycles. The Kier molecular flexibility index (Phi) is 2.62. The topological polar surface area (TPSA) is 55.1 Å². The van der Waals surface area contributed by atoms with E-state index in [1.54, 1.807) is 6.07 Å². The van der Waals surface area contributed by atoms with Gasteiger partial charge in [-0.3, -0.25) is 0 Å². The molecule has 0 saturated heterocycles. The summed E-state index contributed by atoms with van der Waals surface area (Å²) < 4.78 is 14.0. The minimum absolute atomic E-state index is 0.0109. The van der Waals surface area contributed by atoms with Gasteiger partial charge in [0, 0.05) is 0 Å². The van der Waals surface area contributed by atoms with E-state index in [1.165, 1.54) is 24.4 Å². The summed E-state index contributed by atoms with van der Waals surface area (Å²) in [5.74, 6) is -1.69. The number of carboxylic acid groups (broad SMARTS) is 1. The monoisotopic (exact) mass is 240 g/mol. The van der Waals surface area contributed by atoms with E-state index in [9.17, 15) is 9.18 Å². The van der Waals surface area contributed by atoms with Crippen LogP contribution in [0.3, 0.4) is 0 Å². The van der Waals surface area contributed by atoms with Gasteiger partial charge in [0.25, 0.3) is 0 Å². The number of hydrogen-bond donors (Lipinski definition) is 1. The summed E-state index contributed by atoms with van der Waals surface area (Å²) in [4.78, 5) is 10.9. The Balaban J connectivity index is 2.60. The van der Waals surface area contributed by atoms with Crippen LogP contribution in [0.25, 0.3) is 5.69 Å². The lowest BCUT2D eigenvalue weighted by Crippen LogP contribution is -2.08. The van der Waals surface area contributed by atoms with Crippen molar-refractivity contribution >= 4 is 17.6 Å². The molecule has 1 heterocycles. The summed E-state index contributed by atoms with van der Waals surface area (Å²) in [7, 11) is 0. The smallest absolute Gasteiger partial charge is 0.356 e. The minimum Gasteiger partial charge on any atom is -0.476 e. The van der Waals surface area contributed by atoms with E-state index in [2.05, 4.69) is 5.10 Å². The van der Waals surface area contributed by atoms with Crippen molar-refractivity contribution < 1.29 is 14.3 Å². The lowest BCUT2D eigenvalue weighted by Gasteiger charge is -2.04. The van der Waals surface area contributed by atoms with Gasteiger partial charge in [-0.05, 0) is 18.2 Å². The van der Waals surface area contributed by atoms with Gasteiger partial charge in [-0.15, -0.1) is 0 Å². The molecule has 0 fully saturated rings. The zero-order valence-electron chi connectivity index (χ0n) is 7.89. The highest BCUT2D eigenvalue weighted by Gasteiger charge is 2.17. The molecule has 1 aromatic carbocycles. The third kappa shape index (κ3) is 1.77. The van der Waals surface area contributed by atoms with Crippen LogP contribution in [0.1, 0.15) is 10.5 Å². The quantitative estimate of drug-likeness (QED) is 0.877. The van der Waals surface area contributed by atoms with Gasteiger partial charge in [-0.25, -0.2) is 13.9 Å². The maximum absolute atomic E-state index is 13.0. The minimum atomic E-state index is -1.22. The summed E-state index contributed by atoms with van der Waals surface area (Å²) in [6, 6.07) is 5.44. The van der Waals surface area contributed by atoms with E-state index in [0.29, 0.717) is 5.69 Å². The average Bonchev–Trinajstić information content (AvgIpc) is 2.60. The van der Waals surface area contributed by atoms with Crippen LogP contribution in [-0.4, -0.2) is 20.9 Å². The fraction of sp³-hybridized carbons (Fsp3) is 0. The van der Waals surface area contributed by atoms with E-state index in [0.717, 1.165) is 4.68 Å². The highest BCUT2D eigenvalue weighted by Crippen LogP contribution is 2.19. The standard InChI is InChI=1S/C10H6ClFN2O2/c11-8-5-13-14(9(8)10(15)16)7-3-1-2-6(12)4-7/h1-5H,(H,15,16). The first-order valence-corrected chi connectivity index (χ1v) is 4.70. The first-order chi connectivity index (χ1) is 7.59. The van der Waals surface area contributed by atoms with E-state index < -0.39 is 11.8 Å². The van der Waals surface area contributed by atoms with Crippen molar-refractivity contribution in [1.82, 2.24) is 9.78 Å². The second-order valence-corrected chi connectivity index (χ2v) is 3.45. The van der Waals surface area contributed by atoms with E-state index in [4.69, 9.17) is 16.7 Å². The Morgan fingerprint density at radius 1 is 1.50 bits per heavy atom. The molecule has 0 atom stereocenters. The predicted octanol–water partition coefficient (Wildman–Crippen LogP) is 2.36. The van der Waals surface area contributed by atoms with Crippen molar-refractivity contribution in [3.8, 4) is 5.69 Å². The van der Waals surface area contributed by atoms with E-state index in [-0.39, 0.29) is 10.7 Å². The molecule has 0 radical (unpaired) electrons. The van der Waals surface area contributed by atoms with Crippen molar-refractivity contribution in [3.05, 3.63) is 47.0 Å². The van der Waals surface area contributed by atoms with E-state index >= 15 is 0 Å². The number of aromatic carboxylic acids is 1. The largest absolute Gasteiger partial charge is 0.476 e. The van der Waals surface area contributed by atoms with Crippen molar-refractivity contribution in [1.29, 1.82) is 0 Å². The first kappa shape index (κ1) is 10.6. The number of aromatic nitrogens is 2. The van der Waals surface area contributed by atoms with Crippen LogP contribution in [0.5, 0.6) is 0 Å². The van der Waals surface area contributed by atoms with Crippen LogP contribution in [-0.2, 0) is 0 Å². The summed E-state index contributed by atoms with van der Waals surface area (Å²) in [6.45, 7) is 0. The lowest BCUT2D eigenvalue weighted by atomic mass is 10.3. The van der Waals surface area contributed by atoms with Crippen LogP contribution in [0.15, 0.2) is 30.5 Å². The summed E-state index contributed by atoms with van der Waals surface area (Å²) in [5, 5.41) is 12.7. The summed E-state index contributed by atoms with van der Waals surface area (Å²) in [6.07, 6.45) is 1.20. The molecule has 0 bridgehead atoms. The van der Waals surface area contributed by atoms with Crippen LogP contribution in [0.2, 0.25) is 5.02 Å². The third-order valence-electron chi connectivity index (χ3n) is 1.98. The van der Waals surface area contributed by atoms with Crippen LogP contribution >= 0.6 is 11.6 Å². The molecule has 0 saturated carbocycles. The predicted molar refractivity (Wildman–Crippen MR) is 55.5 cm³/mol. The molecule has 0 aliphatic heterocycles. The highest BCUT2D eigenvalue weighted by atomic mass is 35.5. The molecule has 0 spiro atoms. The lowest BCUT2D eigenvalue weighted by molar-refractivity contribution is 0.0687. The van der Waals surface area contributed by atoms with Crippen LogP contribution in [0, 0.1) is 5.82 Å². The average molecular weight is 241 g/mol. The molecule has 0 unspecified atom stereocenters. The van der Waals surface area contributed by atoms with Gasteiger partial charge in [-0.2, -0.15) is 5.10 Å². The summed E-state index contributed by atoms with van der Waals surface area (Å²) in [5.41, 5.74) is 0.122. The summed E-state index contributed by atoms with van der Waals surface area (Å²) >= 11 is 5.67. The number of hydrogen-bond acceptors (Lipinski definition) is 2. The molecular weight excluding hydrogens is 235 g/mol. The number of benzene rings is 1. The molecule has 6 heteroatoms. The molecule has 1 N–H and O–H groups in total. The van der Waals surface area contributed by atoms with Gasteiger partial charge in [-0.1, -0.05) is 17.7 Å². The Bertz CT molecular complexity index is 554. The number of halogens is 2.